The fourth-order valence-electron chi connectivity index (χ4n) is 6.11. The van der Waals surface area contributed by atoms with Gasteiger partial charge in [-0.3, -0.25) is 0 Å². The van der Waals surface area contributed by atoms with Gasteiger partial charge in [-0.25, -0.2) is 0 Å². The molecule has 0 aliphatic heterocycles. The summed E-state index contributed by atoms with van der Waals surface area (Å²) < 4.78 is 0. The van der Waals surface area contributed by atoms with Crippen LogP contribution in [0.2, 0.25) is 0 Å². The van der Waals surface area contributed by atoms with E-state index in [4.69, 9.17) is 0 Å². The van der Waals surface area contributed by atoms with Crippen molar-refractivity contribution in [3.8, 4) is 35.5 Å². The second-order valence-corrected chi connectivity index (χ2v) is 13.7. The topological polar surface area (TPSA) is 0 Å². The minimum Gasteiger partial charge on any atom is -0.101 e. The zero-order valence-corrected chi connectivity index (χ0v) is 27.5. The van der Waals surface area contributed by atoms with Crippen molar-refractivity contribution in [2.75, 3.05) is 0 Å². The van der Waals surface area contributed by atoms with E-state index in [0.29, 0.717) is 5.41 Å². The van der Waals surface area contributed by atoms with E-state index in [1.807, 2.05) is 0 Å². The average Bonchev–Trinajstić information content (AvgIpc) is 2.85. The highest BCUT2D eigenvalue weighted by atomic mass is 14.3. The molecule has 216 valence electrons. The Bertz CT molecular complexity index is 1210. The van der Waals surface area contributed by atoms with Gasteiger partial charge < -0.3 is 0 Å². The van der Waals surface area contributed by atoms with Crippen LogP contribution in [0, 0.1) is 58.2 Å². The first-order valence-corrected chi connectivity index (χ1v) is 15.7. The van der Waals surface area contributed by atoms with Gasteiger partial charge in [0.15, 0.2) is 0 Å². The molecule has 0 spiro atoms. The van der Waals surface area contributed by atoms with E-state index in [-0.39, 0.29) is 17.3 Å². The van der Waals surface area contributed by atoms with Crippen molar-refractivity contribution < 1.29 is 0 Å². The summed E-state index contributed by atoms with van der Waals surface area (Å²) in [6.07, 6.45) is 20.4. The molecule has 2 rings (SSSR count). The highest BCUT2D eigenvalue weighted by Crippen LogP contribution is 2.43. The predicted molar refractivity (Wildman–Crippen MR) is 177 cm³/mol. The van der Waals surface area contributed by atoms with E-state index in [2.05, 4.69) is 129 Å². The Morgan fingerprint density at radius 1 is 0.900 bits per heavy atom. The summed E-state index contributed by atoms with van der Waals surface area (Å²) in [6.45, 7) is 22.8. The fraction of sp³-hybridized carbons (Fsp3) is 0.600. The molecule has 0 aromatic rings. The predicted octanol–water partition coefficient (Wildman–Crippen LogP) is 11.3. The first-order valence-electron chi connectivity index (χ1n) is 15.7. The largest absolute Gasteiger partial charge is 0.101 e. The normalized spacial score (nSPS) is 20.6. The summed E-state index contributed by atoms with van der Waals surface area (Å²) in [7, 11) is 0. The fourth-order valence-corrected chi connectivity index (χ4v) is 6.11. The Hall–Kier alpha value is -2.62. The van der Waals surface area contributed by atoms with Crippen LogP contribution in [0.3, 0.4) is 0 Å². The van der Waals surface area contributed by atoms with Crippen LogP contribution >= 0.6 is 0 Å². The highest BCUT2D eigenvalue weighted by Gasteiger charge is 2.28. The molecule has 0 saturated carbocycles. The van der Waals surface area contributed by atoms with E-state index < -0.39 is 0 Å². The Morgan fingerprint density at radius 2 is 1.57 bits per heavy atom. The monoisotopic (exact) mass is 536 g/mol. The molecule has 0 bridgehead atoms. The molecule has 0 fully saturated rings. The van der Waals surface area contributed by atoms with E-state index in [1.54, 1.807) is 16.7 Å². The Labute approximate surface area is 249 Å². The first-order chi connectivity index (χ1) is 18.8. The molecular weight excluding hydrogens is 480 g/mol. The molecule has 2 aliphatic rings. The van der Waals surface area contributed by atoms with Gasteiger partial charge in [0.25, 0.3) is 0 Å². The average molecular weight is 537 g/mol. The van der Waals surface area contributed by atoms with Crippen LogP contribution in [0.5, 0.6) is 0 Å². The van der Waals surface area contributed by atoms with E-state index in [9.17, 15) is 0 Å². The summed E-state index contributed by atoms with van der Waals surface area (Å²) in [5, 5.41) is 0. The summed E-state index contributed by atoms with van der Waals surface area (Å²) in [5.74, 6) is 20.5. The summed E-state index contributed by atoms with van der Waals surface area (Å²) in [4.78, 5) is 0. The molecule has 0 aromatic carbocycles. The molecule has 40 heavy (non-hydrogen) atoms. The zero-order chi connectivity index (χ0) is 29.8. The highest BCUT2D eigenvalue weighted by molar-refractivity contribution is 5.35. The van der Waals surface area contributed by atoms with E-state index in [0.717, 1.165) is 24.8 Å². The summed E-state index contributed by atoms with van der Waals surface area (Å²) in [5.41, 5.74) is 9.44. The van der Waals surface area contributed by atoms with Crippen molar-refractivity contribution in [3.63, 3.8) is 0 Å². The minimum atomic E-state index is 0.264. The third-order valence-corrected chi connectivity index (χ3v) is 8.73. The third kappa shape index (κ3) is 11.5. The third-order valence-electron chi connectivity index (χ3n) is 8.73. The molecule has 0 amide bonds. The molecule has 0 nitrogen and oxygen atoms in total. The molecular formula is C40H56. The van der Waals surface area contributed by atoms with Crippen LogP contribution in [-0.2, 0) is 0 Å². The zero-order valence-electron chi connectivity index (χ0n) is 27.5. The number of allylic oxidation sites excluding steroid dienone is 10. The van der Waals surface area contributed by atoms with Crippen LogP contribution in [0.15, 0.2) is 57.7 Å². The quantitative estimate of drug-likeness (QED) is 0.224. The maximum Gasteiger partial charge on any atom is 0.0357 e. The van der Waals surface area contributed by atoms with Crippen LogP contribution in [-0.4, -0.2) is 0 Å². The maximum atomic E-state index is 3.40. The number of hydrogen-bond donors (Lipinski definition) is 0. The smallest absolute Gasteiger partial charge is 0.0357 e. The van der Waals surface area contributed by atoms with Gasteiger partial charge in [0, 0.05) is 24.7 Å². The Balaban J connectivity index is 1.79. The molecule has 0 radical (unpaired) electrons. The molecule has 0 heterocycles. The van der Waals surface area contributed by atoms with Crippen LogP contribution in [0.1, 0.15) is 133 Å². The van der Waals surface area contributed by atoms with Crippen molar-refractivity contribution in [1.82, 2.24) is 0 Å². The van der Waals surface area contributed by atoms with Gasteiger partial charge in [-0.2, -0.15) is 0 Å². The van der Waals surface area contributed by atoms with Crippen molar-refractivity contribution in [2.24, 2.45) is 22.7 Å². The first kappa shape index (κ1) is 33.6. The Morgan fingerprint density at radius 3 is 2.25 bits per heavy atom. The van der Waals surface area contributed by atoms with Gasteiger partial charge in [-0.05, 0) is 114 Å². The second kappa shape index (κ2) is 16.0. The molecule has 2 atom stereocenters. The lowest BCUT2D eigenvalue weighted by Crippen LogP contribution is -2.20. The van der Waals surface area contributed by atoms with Gasteiger partial charge in [-0.15, -0.1) is 5.92 Å². The van der Waals surface area contributed by atoms with E-state index >= 15 is 0 Å². The van der Waals surface area contributed by atoms with Crippen molar-refractivity contribution >= 4 is 0 Å². The maximum absolute atomic E-state index is 3.40. The van der Waals surface area contributed by atoms with Gasteiger partial charge in [0.2, 0.25) is 0 Å². The molecule has 0 aromatic heterocycles. The molecule has 0 saturated heterocycles. The van der Waals surface area contributed by atoms with Crippen LogP contribution in [0.4, 0.5) is 0 Å². The van der Waals surface area contributed by atoms with E-state index in [1.165, 1.54) is 56.1 Å². The van der Waals surface area contributed by atoms with Crippen molar-refractivity contribution in [1.29, 1.82) is 0 Å². The summed E-state index contributed by atoms with van der Waals surface area (Å²) in [6, 6.07) is 0. The number of hydrogen-bond acceptors (Lipinski definition) is 0. The molecule has 2 unspecified atom stereocenters. The lowest BCUT2D eigenvalue weighted by Gasteiger charge is -2.34. The van der Waals surface area contributed by atoms with Crippen LogP contribution in [0.25, 0.3) is 0 Å². The molecule has 2 aliphatic carbocycles. The van der Waals surface area contributed by atoms with Gasteiger partial charge in [-0.1, -0.05) is 105 Å². The lowest BCUT2D eigenvalue weighted by molar-refractivity contribution is 0.354. The van der Waals surface area contributed by atoms with Gasteiger partial charge >= 0.3 is 0 Å². The standard InChI is InChI=1S/C40H56/c1-31(19-13-21-33(3)25-27-37-35(5)23-15-29-39(37,7)8)17-11-12-18-32(2)20-14-22-34(4)26-28-38-36(6)24-16-30-40(38,9)10/h17,21,26,28,32,34H,11,15-16,20,23-25,27,29-30H2,1-10H3/b28-26+,31-17+,33-21+. The lowest BCUT2D eigenvalue weighted by atomic mass is 9.71. The second-order valence-electron chi connectivity index (χ2n) is 13.7. The molecule has 0 N–H and O–H groups in total. The van der Waals surface area contributed by atoms with Crippen LogP contribution < -0.4 is 0 Å². The van der Waals surface area contributed by atoms with Gasteiger partial charge in [0.1, 0.15) is 0 Å². The molecule has 0 heteroatoms. The minimum absolute atomic E-state index is 0.264. The number of rotatable bonds is 7. The van der Waals surface area contributed by atoms with Gasteiger partial charge in [0.05, 0.1) is 0 Å². The SMILES string of the molecule is CC1=C(/C=C/C(C)C#CCC(C)C#CC/C=C(\C)C#C/C=C(\C)CCC2=C(C)CCCC2(C)C)C(C)(C)CCC1. The van der Waals surface area contributed by atoms with Crippen molar-refractivity contribution in [3.05, 3.63) is 57.7 Å². The van der Waals surface area contributed by atoms with Crippen molar-refractivity contribution in [2.45, 2.75) is 133 Å². The summed E-state index contributed by atoms with van der Waals surface area (Å²) >= 11 is 0. The Kier molecular flexibility index (Phi) is 13.4.